The van der Waals surface area contributed by atoms with Crippen LogP contribution in [0.15, 0.2) is 48.5 Å². The molecule has 1 unspecified atom stereocenters. The smallest absolute Gasteiger partial charge is 0.406 e. The Balaban J connectivity index is 1.54. The Bertz CT molecular complexity index is 1240. The van der Waals surface area contributed by atoms with Crippen molar-refractivity contribution in [2.24, 2.45) is 0 Å². The summed E-state index contributed by atoms with van der Waals surface area (Å²) in [6.07, 6.45) is -2.48. The minimum atomic E-state index is -4.38. The molecule has 3 aromatic rings. The first kappa shape index (κ1) is 25.1. The Morgan fingerprint density at radius 1 is 1.14 bits per heavy atom. The van der Waals surface area contributed by atoms with E-state index in [9.17, 15) is 21.9 Å². The fourth-order valence-corrected chi connectivity index (χ4v) is 4.65. The number of nitrogens with one attached hydrogen (secondary N) is 3. The zero-order valence-electron chi connectivity index (χ0n) is 19.0. The van der Waals surface area contributed by atoms with Crippen molar-refractivity contribution in [2.75, 3.05) is 30.3 Å². The van der Waals surface area contributed by atoms with Gasteiger partial charge in [0.1, 0.15) is 6.54 Å². The molecule has 2 aromatic carbocycles. The molecule has 1 aliphatic heterocycles. The molecule has 10 heteroatoms. The average molecular weight is 504 g/mol. The average Bonchev–Trinajstić information content (AvgIpc) is 3.15. The van der Waals surface area contributed by atoms with E-state index in [0.717, 1.165) is 42.7 Å². The van der Waals surface area contributed by atoms with Crippen molar-refractivity contribution < 1.29 is 21.9 Å². The first-order valence-electron chi connectivity index (χ1n) is 11.3. The SMILES string of the molecule is O=S([O-])Cc1ccc(NCC#Cc2cc3c(NC4CCNCC4)cccc3n2CC(F)(F)F)cc1. The molecular formula is C25H26F3N4O2S-. The molecule has 0 spiro atoms. The molecule has 0 radical (unpaired) electrons. The highest BCUT2D eigenvalue weighted by atomic mass is 32.2. The molecule has 3 N–H and O–H groups in total. The molecule has 6 nitrogen and oxygen atoms in total. The van der Waals surface area contributed by atoms with Gasteiger partial charge in [-0.3, -0.25) is 4.21 Å². The Labute approximate surface area is 204 Å². The Morgan fingerprint density at radius 2 is 1.89 bits per heavy atom. The third-order valence-electron chi connectivity index (χ3n) is 5.82. The van der Waals surface area contributed by atoms with Crippen LogP contribution in [0.5, 0.6) is 0 Å². The molecule has 0 bridgehead atoms. The van der Waals surface area contributed by atoms with E-state index < -0.39 is 23.8 Å². The van der Waals surface area contributed by atoms with E-state index in [1.165, 1.54) is 4.57 Å². The summed E-state index contributed by atoms with van der Waals surface area (Å²) in [4.78, 5) is 0. The number of fused-ring (bicyclic) bond motifs is 1. The normalized spacial score (nSPS) is 15.4. The lowest BCUT2D eigenvalue weighted by Gasteiger charge is -2.25. The Kier molecular flexibility index (Phi) is 8.00. The summed E-state index contributed by atoms with van der Waals surface area (Å²) < 4.78 is 62.9. The van der Waals surface area contributed by atoms with E-state index >= 15 is 0 Å². The zero-order valence-corrected chi connectivity index (χ0v) is 19.8. The van der Waals surface area contributed by atoms with Gasteiger partial charge in [0.15, 0.2) is 0 Å². The van der Waals surface area contributed by atoms with Crippen LogP contribution in [-0.2, 0) is 23.4 Å². The third kappa shape index (κ3) is 7.01. The predicted molar refractivity (Wildman–Crippen MR) is 132 cm³/mol. The van der Waals surface area contributed by atoms with Gasteiger partial charge in [-0.1, -0.05) is 35.2 Å². The number of nitrogens with zero attached hydrogens (tertiary/aromatic N) is 1. The number of anilines is 2. The lowest BCUT2D eigenvalue weighted by atomic mass is 10.1. The van der Waals surface area contributed by atoms with Crippen LogP contribution in [0.1, 0.15) is 24.1 Å². The maximum atomic E-state index is 13.4. The minimum Gasteiger partial charge on any atom is -0.772 e. The molecule has 0 aliphatic carbocycles. The molecule has 4 rings (SSSR count). The van der Waals surface area contributed by atoms with Gasteiger partial charge < -0.3 is 25.1 Å². The fraction of sp³-hybridized carbons (Fsp3) is 0.360. The van der Waals surface area contributed by atoms with Gasteiger partial charge in [-0.2, -0.15) is 13.2 Å². The summed E-state index contributed by atoms with van der Waals surface area (Å²) in [6, 6.07) is 14.2. The number of halogens is 3. The summed E-state index contributed by atoms with van der Waals surface area (Å²) in [5.41, 5.74) is 3.01. The molecule has 0 amide bonds. The maximum absolute atomic E-state index is 13.4. The molecular weight excluding hydrogens is 477 g/mol. The van der Waals surface area contributed by atoms with Gasteiger partial charge in [-0.15, -0.1) is 0 Å². The van der Waals surface area contributed by atoms with Gasteiger partial charge in [0.25, 0.3) is 0 Å². The van der Waals surface area contributed by atoms with Crippen LogP contribution in [0.25, 0.3) is 10.9 Å². The van der Waals surface area contributed by atoms with Gasteiger partial charge in [-0.05, 0) is 67.7 Å². The molecule has 0 saturated carbocycles. The summed E-state index contributed by atoms with van der Waals surface area (Å²) in [5, 5.41) is 10.6. The van der Waals surface area contributed by atoms with Crippen molar-refractivity contribution in [1.82, 2.24) is 9.88 Å². The molecule has 1 atom stereocenters. The number of hydrogen-bond acceptors (Lipinski definition) is 5. The van der Waals surface area contributed by atoms with Crippen LogP contribution in [-0.4, -0.2) is 45.2 Å². The molecule has 1 fully saturated rings. The molecule has 1 aromatic heterocycles. The van der Waals surface area contributed by atoms with Gasteiger partial charge in [0.05, 0.1) is 17.8 Å². The Morgan fingerprint density at radius 3 is 2.57 bits per heavy atom. The quantitative estimate of drug-likeness (QED) is 0.333. The number of rotatable bonds is 7. The van der Waals surface area contributed by atoms with Gasteiger partial charge in [0.2, 0.25) is 0 Å². The van der Waals surface area contributed by atoms with Gasteiger partial charge in [-0.25, -0.2) is 0 Å². The van der Waals surface area contributed by atoms with Crippen molar-refractivity contribution in [1.29, 1.82) is 0 Å². The topological polar surface area (TPSA) is 81.2 Å². The standard InChI is InChI=1S/C25H27F3N4O2S/c26-25(27,28)17-32-21(3-2-12-30-19-8-6-18(7-9-19)16-35(33)34)15-22-23(4-1-5-24(22)32)31-20-10-13-29-14-11-20/h1,4-9,15,20,29-31H,10-14,16-17H2,(H,33,34)/p-1. The Hall–Kier alpha value is -3.00. The molecule has 186 valence electrons. The minimum absolute atomic E-state index is 0.0572. The van der Waals surface area contributed by atoms with E-state index in [4.69, 9.17) is 0 Å². The highest BCUT2D eigenvalue weighted by molar-refractivity contribution is 7.78. The fourth-order valence-electron chi connectivity index (χ4n) is 4.19. The van der Waals surface area contributed by atoms with Crippen molar-refractivity contribution in [3.05, 3.63) is 59.8 Å². The van der Waals surface area contributed by atoms with E-state index in [2.05, 4.69) is 27.8 Å². The van der Waals surface area contributed by atoms with E-state index in [-0.39, 0.29) is 18.3 Å². The van der Waals surface area contributed by atoms with Crippen LogP contribution in [0.3, 0.4) is 0 Å². The monoisotopic (exact) mass is 503 g/mol. The van der Waals surface area contributed by atoms with Crippen molar-refractivity contribution in [3.63, 3.8) is 0 Å². The summed E-state index contributed by atoms with van der Waals surface area (Å²) in [6.45, 7) is 0.925. The summed E-state index contributed by atoms with van der Waals surface area (Å²) in [7, 11) is 0. The van der Waals surface area contributed by atoms with E-state index in [1.807, 2.05) is 6.07 Å². The maximum Gasteiger partial charge on any atom is 0.406 e. The summed E-state index contributed by atoms with van der Waals surface area (Å²) in [5.74, 6) is 5.75. The van der Waals surface area contributed by atoms with Crippen LogP contribution in [0, 0.1) is 11.8 Å². The molecule has 35 heavy (non-hydrogen) atoms. The number of aromatic nitrogens is 1. The van der Waals surface area contributed by atoms with Crippen molar-refractivity contribution in [2.45, 2.75) is 37.4 Å². The van der Waals surface area contributed by atoms with Crippen LogP contribution in [0.4, 0.5) is 24.5 Å². The second kappa shape index (κ2) is 11.2. The van der Waals surface area contributed by atoms with Gasteiger partial charge in [0, 0.05) is 28.6 Å². The first-order chi connectivity index (χ1) is 16.8. The first-order valence-corrected chi connectivity index (χ1v) is 12.6. The van der Waals surface area contributed by atoms with Crippen LogP contribution < -0.4 is 16.0 Å². The third-order valence-corrected chi connectivity index (χ3v) is 6.39. The van der Waals surface area contributed by atoms with Crippen LogP contribution in [0.2, 0.25) is 0 Å². The van der Waals surface area contributed by atoms with Crippen molar-refractivity contribution >= 4 is 33.4 Å². The second-order valence-corrected chi connectivity index (χ2v) is 9.33. The second-order valence-electron chi connectivity index (χ2n) is 8.44. The molecule has 2 heterocycles. The highest BCUT2D eigenvalue weighted by Gasteiger charge is 2.30. The highest BCUT2D eigenvalue weighted by Crippen LogP contribution is 2.31. The summed E-state index contributed by atoms with van der Waals surface area (Å²) >= 11 is -2.15. The number of hydrogen-bond donors (Lipinski definition) is 3. The lowest BCUT2D eigenvalue weighted by molar-refractivity contribution is -0.140. The molecule has 1 saturated heterocycles. The number of benzene rings is 2. The predicted octanol–water partition coefficient (Wildman–Crippen LogP) is 4.21. The largest absolute Gasteiger partial charge is 0.772 e. The van der Waals surface area contributed by atoms with Crippen molar-refractivity contribution in [3.8, 4) is 11.8 Å². The van der Waals surface area contributed by atoms with Crippen LogP contribution >= 0.6 is 0 Å². The molecule has 1 aliphatic rings. The van der Waals surface area contributed by atoms with E-state index in [0.29, 0.717) is 16.8 Å². The lowest BCUT2D eigenvalue weighted by Crippen LogP contribution is -2.35. The van der Waals surface area contributed by atoms with E-state index in [1.54, 1.807) is 42.5 Å². The number of alkyl halides is 3. The zero-order chi connectivity index (χ0) is 24.8. The van der Waals surface area contributed by atoms with Gasteiger partial charge >= 0.3 is 6.18 Å². The number of piperidine rings is 1.